The summed E-state index contributed by atoms with van der Waals surface area (Å²) in [5, 5.41) is 0. The predicted octanol–water partition coefficient (Wildman–Crippen LogP) is 3.33. The molecule has 1 aromatic rings. The minimum Gasteiger partial charge on any atom is -0.328 e. The number of hydrogen-bond donors (Lipinski definition) is 1. The Morgan fingerprint density at radius 1 is 1.19 bits per heavy atom. The molecular formula is C13H19F2N. The van der Waals surface area contributed by atoms with Gasteiger partial charge in [-0.25, -0.2) is 8.78 Å². The second kappa shape index (κ2) is 5.94. The van der Waals surface area contributed by atoms with Gasteiger partial charge in [0, 0.05) is 6.04 Å². The average Bonchev–Trinajstić information content (AvgIpc) is 2.25. The molecule has 1 rings (SSSR count). The van der Waals surface area contributed by atoms with E-state index in [4.69, 9.17) is 5.73 Å². The van der Waals surface area contributed by atoms with E-state index >= 15 is 0 Å². The highest BCUT2D eigenvalue weighted by Crippen LogP contribution is 2.17. The Labute approximate surface area is 95.7 Å². The lowest BCUT2D eigenvalue weighted by molar-refractivity contribution is 0.485. The van der Waals surface area contributed by atoms with Gasteiger partial charge in [0.15, 0.2) is 11.6 Å². The zero-order valence-electron chi connectivity index (χ0n) is 9.89. The molecule has 0 aliphatic heterocycles. The molecule has 90 valence electrons. The van der Waals surface area contributed by atoms with Crippen molar-refractivity contribution in [2.45, 2.75) is 45.6 Å². The molecular weight excluding hydrogens is 208 g/mol. The third-order valence-corrected chi connectivity index (χ3v) is 2.80. The van der Waals surface area contributed by atoms with Crippen LogP contribution < -0.4 is 5.73 Å². The van der Waals surface area contributed by atoms with Crippen molar-refractivity contribution in [3.05, 3.63) is 34.9 Å². The van der Waals surface area contributed by atoms with Gasteiger partial charge in [-0.1, -0.05) is 25.5 Å². The lowest BCUT2D eigenvalue weighted by Crippen LogP contribution is -2.20. The number of benzene rings is 1. The van der Waals surface area contributed by atoms with Crippen LogP contribution in [0.2, 0.25) is 0 Å². The molecule has 0 spiro atoms. The third-order valence-electron chi connectivity index (χ3n) is 2.80. The smallest absolute Gasteiger partial charge is 0.162 e. The molecule has 1 aromatic carbocycles. The first-order valence-corrected chi connectivity index (χ1v) is 5.75. The summed E-state index contributed by atoms with van der Waals surface area (Å²) in [5.74, 6) is -1.45. The first kappa shape index (κ1) is 13.1. The number of aryl methyl sites for hydroxylation is 2. The fourth-order valence-corrected chi connectivity index (χ4v) is 1.74. The SMILES string of the molecule is CCCC(N)CCc1ccc(C)c(F)c1F. The second-order valence-corrected chi connectivity index (χ2v) is 4.26. The fraction of sp³-hybridized carbons (Fsp3) is 0.538. The summed E-state index contributed by atoms with van der Waals surface area (Å²) in [4.78, 5) is 0. The lowest BCUT2D eigenvalue weighted by atomic mass is 10.0. The van der Waals surface area contributed by atoms with Crippen LogP contribution in [0.15, 0.2) is 12.1 Å². The number of halogens is 2. The van der Waals surface area contributed by atoms with Gasteiger partial charge in [-0.15, -0.1) is 0 Å². The summed E-state index contributed by atoms with van der Waals surface area (Å²) in [5.41, 5.74) is 6.61. The monoisotopic (exact) mass is 227 g/mol. The van der Waals surface area contributed by atoms with Gasteiger partial charge in [0.25, 0.3) is 0 Å². The van der Waals surface area contributed by atoms with E-state index in [2.05, 4.69) is 6.92 Å². The van der Waals surface area contributed by atoms with Crippen molar-refractivity contribution in [1.82, 2.24) is 0 Å². The largest absolute Gasteiger partial charge is 0.328 e. The highest BCUT2D eigenvalue weighted by atomic mass is 19.2. The Morgan fingerprint density at radius 3 is 2.50 bits per heavy atom. The molecule has 0 amide bonds. The van der Waals surface area contributed by atoms with Crippen molar-refractivity contribution < 1.29 is 8.78 Å². The Balaban J connectivity index is 2.64. The Kier molecular flexibility index (Phi) is 4.87. The quantitative estimate of drug-likeness (QED) is 0.820. The van der Waals surface area contributed by atoms with Crippen LogP contribution in [0.5, 0.6) is 0 Å². The van der Waals surface area contributed by atoms with Crippen molar-refractivity contribution in [1.29, 1.82) is 0 Å². The molecule has 16 heavy (non-hydrogen) atoms. The fourth-order valence-electron chi connectivity index (χ4n) is 1.74. The third kappa shape index (κ3) is 3.27. The molecule has 1 unspecified atom stereocenters. The molecule has 2 N–H and O–H groups in total. The molecule has 0 radical (unpaired) electrons. The summed E-state index contributed by atoms with van der Waals surface area (Å²) in [6.07, 6.45) is 3.15. The summed E-state index contributed by atoms with van der Waals surface area (Å²) in [7, 11) is 0. The van der Waals surface area contributed by atoms with Gasteiger partial charge in [0.05, 0.1) is 0 Å². The number of hydrogen-bond acceptors (Lipinski definition) is 1. The minimum absolute atomic E-state index is 0.0776. The zero-order valence-corrected chi connectivity index (χ0v) is 9.89. The van der Waals surface area contributed by atoms with E-state index in [-0.39, 0.29) is 6.04 Å². The molecule has 1 atom stereocenters. The number of rotatable bonds is 5. The van der Waals surface area contributed by atoms with E-state index in [0.29, 0.717) is 24.0 Å². The van der Waals surface area contributed by atoms with Crippen LogP contribution in [0.3, 0.4) is 0 Å². The Hall–Kier alpha value is -0.960. The topological polar surface area (TPSA) is 26.0 Å². The van der Waals surface area contributed by atoms with E-state index in [1.165, 1.54) is 0 Å². The lowest BCUT2D eigenvalue weighted by Gasteiger charge is -2.11. The maximum absolute atomic E-state index is 13.5. The summed E-state index contributed by atoms with van der Waals surface area (Å²) in [6, 6.07) is 3.33. The predicted molar refractivity (Wildman–Crippen MR) is 62.3 cm³/mol. The Bertz CT molecular complexity index is 350. The van der Waals surface area contributed by atoms with Crippen LogP contribution in [0.4, 0.5) is 8.78 Å². The van der Waals surface area contributed by atoms with Crippen LogP contribution in [0.1, 0.15) is 37.3 Å². The van der Waals surface area contributed by atoms with Crippen molar-refractivity contribution >= 4 is 0 Å². The standard InChI is InChI=1S/C13H19F2N/c1-3-4-11(16)8-7-10-6-5-9(2)12(14)13(10)15/h5-6,11H,3-4,7-8,16H2,1-2H3. The van der Waals surface area contributed by atoms with Crippen molar-refractivity contribution in [3.8, 4) is 0 Å². The zero-order chi connectivity index (χ0) is 12.1. The average molecular weight is 227 g/mol. The van der Waals surface area contributed by atoms with Gasteiger partial charge < -0.3 is 5.73 Å². The molecule has 0 saturated heterocycles. The van der Waals surface area contributed by atoms with Crippen LogP contribution in [-0.4, -0.2) is 6.04 Å². The van der Waals surface area contributed by atoms with Crippen LogP contribution in [0, 0.1) is 18.6 Å². The normalized spacial score (nSPS) is 12.8. The van der Waals surface area contributed by atoms with Gasteiger partial charge in [-0.05, 0) is 37.3 Å². The van der Waals surface area contributed by atoms with Gasteiger partial charge in [-0.3, -0.25) is 0 Å². The van der Waals surface area contributed by atoms with Crippen LogP contribution in [0.25, 0.3) is 0 Å². The van der Waals surface area contributed by atoms with Crippen LogP contribution in [-0.2, 0) is 6.42 Å². The second-order valence-electron chi connectivity index (χ2n) is 4.26. The van der Waals surface area contributed by atoms with Gasteiger partial charge >= 0.3 is 0 Å². The molecule has 0 aliphatic rings. The molecule has 0 saturated carbocycles. The van der Waals surface area contributed by atoms with Crippen molar-refractivity contribution in [2.75, 3.05) is 0 Å². The number of nitrogens with two attached hydrogens (primary N) is 1. The maximum atomic E-state index is 13.5. The molecule has 0 bridgehead atoms. The summed E-state index contributed by atoms with van der Waals surface area (Å²) < 4.78 is 26.7. The van der Waals surface area contributed by atoms with E-state index in [1.54, 1.807) is 19.1 Å². The molecule has 3 heteroatoms. The van der Waals surface area contributed by atoms with Gasteiger partial charge in [-0.2, -0.15) is 0 Å². The summed E-state index contributed by atoms with van der Waals surface area (Å²) >= 11 is 0. The molecule has 0 fully saturated rings. The van der Waals surface area contributed by atoms with E-state index in [0.717, 1.165) is 12.8 Å². The van der Waals surface area contributed by atoms with E-state index in [1.807, 2.05) is 0 Å². The molecule has 0 heterocycles. The van der Waals surface area contributed by atoms with Crippen molar-refractivity contribution in [3.63, 3.8) is 0 Å². The molecule has 0 aromatic heterocycles. The van der Waals surface area contributed by atoms with Gasteiger partial charge in [0.2, 0.25) is 0 Å². The van der Waals surface area contributed by atoms with E-state index < -0.39 is 11.6 Å². The first-order chi connectivity index (χ1) is 7.56. The highest BCUT2D eigenvalue weighted by molar-refractivity contribution is 5.25. The van der Waals surface area contributed by atoms with Gasteiger partial charge in [0.1, 0.15) is 0 Å². The van der Waals surface area contributed by atoms with E-state index in [9.17, 15) is 8.78 Å². The maximum Gasteiger partial charge on any atom is 0.162 e. The molecule has 0 aliphatic carbocycles. The minimum atomic E-state index is -0.735. The summed E-state index contributed by atoms with van der Waals surface area (Å²) in [6.45, 7) is 3.62. The first-order valence-electron chi connectivity index (χ1n) is 5.75. The Morgan fingerprint density at radius 2 is 1.88 bits per heavy atom. The highest BCUT2D eigenvalue weighted by Gasteiger charge is 2.11. The van der Waals surface area contributed by atoms with Crippen molar-refractivity contribution in [2.24, 2.45) is 5.73 Å². The molecule has 1 nitrogen and oxygen atoms in total. The van der Waals surface area contributed by atoms with Crippen LogP contribution >= 0.6 is 0 Å².